The van der Waals surface area contributed by atoms with Crippen LogP contribution < -0.4 is 5.32 Å². The van der Waals surface area contributed by atoms with Crippen molar-refractivity contribution in [1.82, 2.24) is 19.8 Å². The maximum atomic E-state index is 9.60. The quantitative estimate of drug-likeness (QED) is 0.624. The third-order valence-corrected chi connectivity index (χ3v) is 5.82. The van der Waals surface area contributed by atoms with Crippen LogP contribution in [0.3, 0.4) is 0 Å². The highest BCUT2D eigenvalue weighted by molar-refractivity contribution is 7.80. The van der Waals surface area contributed by atoms with Gasteiger partial charge in [-0.2, -0.15) is 0 Å². The Kier molecular flexibility index (Phi) is 5.35. The van der Waals surface area contributed by atoms with Gasteiger partial charge in [0.1, 0.15) is 0 Å². The first-order chi connectivity index (χ1) is 13.6. The molecule has 0 bridgehead atoms. The lowest BCUT2D eigenvalue weighted by Crippen LogP contribution is -2.32. The molecule has 2 aromatic heterocycles. The van der Waals surface area contributed by atoms with E-state index in [1.54, 1.807) is 6.20 Å². The minimum Gasteiger partial charge on any atom is -0.395 e. The van der Waals surface area contributed by atoms with E-state index in [0.717, 1.165) is 27.7 Å². The van der Waals surface area contributed by atoms with Crippen LogP contribution in [-0.4, -0.2) is 37.8 Å². The molecule has 7 heteroatoms. The fourth-order valence-electron chi connectivity index (χ4n) is 3.72. The predicted molar refractivity (Wildman–Crippen MR) is 115 cm³/mol. The topological polar surface area (TPSA) is 53.3 Å². The molecule has 5 nitrogen and oxygen atoms in total. The summed E-state index contributed by atoms with van der Waals surface area (Å²) in [6.07, 6.45) is 3.82. The molecule has 0 aliphatic carbocycles. The summed E-state index contributed by atoms with van der Waals surface area (Å²) in [6.45, 7) is 2.47. The number of benzene rings is 1. The number of aromatic nitrogens is 2. The zero-order chi connectivity index (χ0) is 19.7. The lowest BCUT2D eigenvalue weighted by molar-refractivity contribution is 0.220. The van der Waals surface area contributed by atoms with Crippen LogP contribution in [0, 0.1) is 6.92 Å². The van der Waals surface area contributed by atoms with Crippen LogP contribution in [0.4, 0.5) is 0 Å². The Hall–Kier alpha value is -2.41. The molecule has 4 rings (SSSR count). The number of nitrogens with zero attached hydrogens (tertiary/aromatic N) is 3. The Bertz CT molecular complexity index is 991. The molecular weight excluding hydrogens is 392 g/mol. The summed E-state index contributed by atoms with van der Waals surface area (Å²) in [5.41, 5.74) is 4.03. The smallest absolute Gasteiger partial charge is 0.170 e. The molecule has 2 N–H and O–H groups in total. The zero-order valence-corrected chi connectivity index (χ0v) is 17.0. The molecule has 28 heavy (non-hydrogen) atoms. The second kappa shape index (κ2) is 7.91. The molecule has 0 amide bonds. The van der Waals surface area contributed by atoms with Crippen molar-refractivity contribution >= 4 is 28.9 Å². The van der Waals surface area contributed by atoms with Crippen molar-refractivity contribution in [1.29, 1.82) is 0 Å². The van der Waals surface area contributed by atoms with E-state index in [9.17, 15) is 5.11 Å². The average molecular weight is 413 g/mol. The van der Waals surface area contributed by atoms with E-state index in [-0.39, 0.29) is 18.7 Å². The van der Waals surface area contributed by atoms with Crippen molar-refractivity contribution in [3.63, 3.8) is 0 Å². The number of aliphatic hydroxyl groups is 1. The number of aryl methyl sites for hydroxylation is 1. The van der Waals surface area contributed by atoms with Crippen molar-refractivity contribution in [3.8, 4) is 5.69 Å². The fraction of sp³-hybridized carbons (Fsp3) is 0.238. The van der Waals surface area contributed by atoms with Crippen LogP contribution in [0.2, 0.25) is 5.02 Å². The van der Waals surface area contributed by atoms with Crippen molar-refractivity contribution in [2.75, 3.05) is 13.2 Å². The summed E-state index contributed by atoms with van der Waals surface area (Å²) < 4.78 is 2.14. The highest BCUT2D eigenvalue weighted by Crippen LogP contribution is 2.39. The molecule has 1 fully saturated rings. The molecule has 1 aliphatic heterocycles. The molecule has 3 heterocycles. The summed E-state index contributed by atoms with van der Waals surface area (Å²) in [4.78, 5) is 6.57. The summed E-state index contributed by atoms with van der Waals surface area (Å²) in [7, 11) is 0. The summed E-state index contributed by atoms with van der Waals surface area (Å²) >= 11 is 11.8. The summed E-state index contributed by atoms with van der Waals surface area (Å²) in [5, 5.41) is 14.4. The summed E-state index contributed by atoms with van der Waals surface area (Å²) in [5.74, 6) is 0. The lowest BCUT2D eigenvalue weighted by Gasteiger charge is -2.28. The Morgan fingerprint density at radius 1 is 1.21 bits per heavy atom. The number of hydrogen-bond acceptors (Lipinski definition) is 3. The van der Waals surface area contributed by atoms with E-state index in [1.165, 1.54) is 0 Å². The molecule has 1 aliphatic rings. The summed E-state index contributed by atoms with van der Waals surface area (Å²) in [6, 6.07) is 15.8. The maximum Gasteiger partial charge on any atom is 0.170 e. The maximum absolute atomic E-state index is 9.60. The predicted octanol–water partition coefficient (Wildman–Crippen LogP) is 3.80. The number of pyridine rings is 1. The van der Waals surface area contributed by atoms with Crippen LogP contribution in [0.1, 0.15) is 29.0 Å². The first-order valence-corrected chi connectivity index (χ1v) is 9.91. The van der Waals surface area contributed by atoms with Crippen molar-refractivity contribution < 1.29 is 5.11 Å². The van der Waals surface area contributed by atoms with Crippen LogP contribution >= 0.6 is 23.8 Å². The van der Waals surface area contributed by atoms with Crippen molar-refractivity contribution in [2.45, 2.75) is 19.0 Å². The molecule has 0 radical (unpaired) electrons. The van der Waals surface area contributed by atoms with Gasteiger partial charge >= 0.3 is 0 Å². The van der Waals surface area contributed by atoms with Gasteiger partial charge in [-0.3, -0.25) is 4.98 Å². The number of hydrogen-bond donors (Lipinski definition) is 2. The van der Waals surface area contributed by atoms with E-state index in [2.05, 4.69) is 27.0 Å². The molecule has 2 atom stereocenters. The Labute approximate surface area is 174 Å². The lowest BCUT2D eigenvalue weighted by atomic mass is 10.0. The number of aliphatic hydroxyl groups excluding tert-OH is 1. The Balaban J connectivity index is 1.81. The van der Waals surface area contributed by atoms with Gasteiger partial charge in [-0.1, -0.05) is 17.7 Å². The molecule has 1 saturated heterocycles. The second-order valence-corrected chi connectivity index (χ2v) is 7.57. The Morgan fingerprint density at radius 3 is 2.79 bits per heavy atom. The van der Waals surface area contributed by atoms with Gasteiger partial charge in [-0.15, -0.1) is 0 Å². The SMILES string of the molecule is Cc1cc(-n2cccc2[C@@H]2[C@H](c3ccccn3)NC(=S)N2CCO)ccc1Cl. The van der Waals surface area contributed by atoms with Gasteiger partial charge in [0.15, 0.2) is 5.11 Å². The number of β-amino-alcohol motifs (C(OH)–C–C–N with tert-alkyl or cyclic N) is 1. The van der Waals surface area contributed by atoms with Gasteiger partial charge in [0.25, 0.3) is 0 Å². The van der Waals surface area contributed by atoms with E-state index in [4.69, 9.17) is 23.8 Å². The molecule has 144 valence electrons. The fourth-order valence-corrected chi connectivity index (χ4v) is 4.17. The van der Waals surface area contributed by atoms with E-state index < -0.39 is 0 Å². The largest absolute Gasteiger partial charge is 0.395 e. The third kappa shape index (κ3) is 3.39. The molecule has 0 unspecified atom stereocenters. The van der Waals surface area contributed by atoms with Gasteiger partial charge in [0, 0.05) is 35.3 Å². The van der Waals surface area contributed by atoms with E-state index in [0.29, 0.717) is 11.7 Å². The molecule has 0 spiro atoms. The minimum absolute atomic E-state index is 0.0218. The highest BCUT2D eigenvalue weighted by Gasteiger charge is 2.40. The standard InChI is InChI=1S/C21H21ClN4OS/c1-14-13-15(7-8-16(14)22)25-10-4-6-18(25)20-19(17-5-2-3-9-23-17)24-21(28)26(20)11-12-27/h2-10,13,19-20,27H,11-12H2,1H3,(H,24,28)/t19-,20+/m0/s1. The first-order valence-electron chi connectivity index (χ1n) is 9.13. The zero-order valence-electron chi connectivity index (χ0n) is 15.4. The van der Waals surface area contributed by atoms with Gasteiger partial charge in [0.05, 0.1) is 24.4 Å². The second-order valence-electron chi connectivity index (χ2n) is 6.78. The van der Waals surface area contributed by atoms with Gasteiger partial charge < -0.3 is 19.9 Å². The van der Waals surface area contributed by atoms with Crippen LogP contribution in [-0.2, 0) is 0 Å². The van der Waals surface area contributed by atoms with Crippen molar-refractivity contribution in [2.24, 2.45) is 0 Å². The van der Waals surface area contributed by atoms with Crippen molar-refractivity contribution in [3.05, 3.63) is 82.9 Å². The molecule has 3 aromatic rings. The number of nitrogens with one attached hydrogen (secondary N) is 1. The molecule has 0 saturated carbocycles. The van der Waals surface area contributed by atoms with E-state index >= 15 is 0 Å². The normalized spacial score (nSPS) is 19.1. The molecular formula is C21H21ClN4OS. The minimum atomic E-state index is -0.109. The van der Waals surface area contributed by atoms with E-state index in [1.807, 2.05) is 54.4 Å². The first kappa shape index (κ1) is 18.9. The monoisotopic (exact) mass is 412 g/mol. The Morgan fingerprint density at radius 2 is 2.07 bits per heavy atom. The number of halogens is 1. The van der Waals surface area contributed by atoms with Gasteiger partial charge in [-0.25, -0.2) is 0 Å². The van der Waals surface area contributed by atoms with Crippen LogP contribution in [0.15, 0.2) is 60.9 Å². The highest BCUT2D eigenvalue weighted by atomic mass is 35.5. The van der Waals surface area contributed by atoms with Crippen LogP contribution in [0.5, 0.6) is 0 Å². The number of thiocarbonyl (C=S) groups is 1. The third-order valence-electron chi connectivity index (χ3n) is 5.04. The number of rotatable bonds is 5. The van der Waals surface area contributed by atoms with Crippen LogP contribution in [0.25, 0.3) is 5.69 Å². The van der Waals surface area contributed by atoms with Gasteiger partial charge in [-0.05, 0) is 67.2 Å². The molecule has 1 aromatic carbocycles. The average Bonchev–Trinajstić information content (AvgIpc) is 3.30. The van der Waals surface area contributed by atoms with Gasteiger partial charge in [0.2, 0.25) is 0 Å².